The van der Waals surface area contributed by atoms with Gasteiger partial charge >= 0.3 is 0 Å². The van der Waals surface area contributed by atoms with E-state index in [2.05, 4.69) is 5.32 Å². The summed E-state index contributed by atoms with van der Waals surface area (Å²) in [5.41, 5.74) is 7.01. The van der Waals surface area contributed by atoms with Crippen molar-refractivity contribution in [1.82, 2.24) is 4.90 Å². The number of benzene rings is 2. The minimum Gasteiger partial charge on any atom is -0.376 e. The molecule has 128 valence electrons. The quantitative estimate of drug-likeness (QED) is 0.632. The number of carbonyl (C=O) groups is 3. The molecule has 0 aliphatic heterocycles. The molecule has 2 rings (SSSR count). The van der Waals surface area contributed by atoms with Gasteiger partial charge in [-0.05, 0) is 36.5 Å². The highest BCUT2D eigenvalue weighted by Crippen LogP contribution is 2.14. The molecule has 2 aromatic carbocycles. The second kappa shape index (κ2) is 8.16. The summed E-state index contributed by atoms with van der Waals surface area (Å²) in [6.07, 6.45) is 0. The maximum absolute atomic E-state index is 12.3. The first-order chi connectivity index (χ1) is 11.9. The summed E-state index contributed by atoms with van der Waals surface area (Å²) >= 11 is 4.73. The normalized spacial score (nSPS) is 9.96. The van der Waals surface area contributed by atoms with Gasteiger partial charge in [-0.25, -0.2) is 0 Å². The van der Waals surface area contributed by atoms with Crippen molar-refractivity contribution in [3.63, 3.8) is 0 Å². The minimum absolute atomic E-state index is 0.102. The molecule has 0 bridgehead atoms. The molecule has 0 aliphatic rings. The molecule has 0 saturated carbocycles. The summed E-state index contributed by atoms with van der Waals surface area (Å²) in [4.78, 5) is 36.7. The Balaban J connectivity index is 2.03. The molecule has 6 nitrogen and oxygen atoms in total. The van der Waals surface area contributed by atoms with Crippen molar-refractivity contribution in [3.05, 3.63) is 65.7 Å². The number of amides is 2. The van der Waals surface area contributed by atoms with Crippen molar-refractivity contribution >= 4 is 40.6 Å². The van der Waals surface area contributed by atoms with Gasteiger partial charge in [0.2, 0.25) is 11.8 Å². The van der Waals surface area contributed by atoms with Crippen LogP contribution >= 0.6 is 12.2 Å². The van der Waals surface area contributed by atoms with Gasteiger partial charge in [0.1, 0.15) is 6.54 Å². The number of anilines is 1. The third-order valence-electron chi connectivity index (χ3n) is 3.41. The Morgan fingerprint density at radius 3 is 2.08 bits per heavy atom. The summed E-state index contributed by atoms with van der Waals surface area (Å²) in [5, 5.41) is 2.47. The van der Waals surface area contributed by atoms with Crippen molar-refractivity contribution in [3.8, 4) is 0 Å². The van der Waals surface area contributed by atoms with Gasteiger partial charge in [0.15, 0.2) is 10.9 Å². The molecule has 0 radical (unpaired) electrons. The smallest absolute Gasteiger partial charge is 0.244 e. The van der Waals surface area contributed by atoms with Crippen LogP contribution in [0.25, 0.3) is 0 Å². The largest absolute Gasteiger partial charge is 0.376 e. The lowest BCUT2D eigenvalue weighted by atomic mass is 10.0. The lowest BCUT2D eigenvalue weighted by Gasteiger charge is -2.18. The number of rotatable bonds is 5. The van der Waals surface area contributed by atoms with Crippen LogP contribution in [0.5, 0.6) is 0 Å². The number of nitrogens with two attached hydrogens (primary N) is 1. The fraction of sp³-hybridized carbons (Fsp3) is 0.111. The SMILES string of the molecule is CC(=O)N(CC(=O)Nc1ccc(C(=O)c2ccccc2)cc1)C(N)=S. The molecule has 2 amide bonds. The summed E-state index contributed by atoms with van der Waals surface area (Å²) in [6.45, 7) is 1.01. The zero-order chi connectivity index (χ0) is 18.4. The van der Waals surface area contributed by atoms with Crippen LogP contribution in [-0.2, 0) is 9.59 Å². The second-order valence-corrected chi connectivity index (χ2v) is 5.68. The zero-order valence-electron chi connectivity index (χ0n) is 13.6. The third kappa shape index (κ3) is 4.95. The maximum Gasteiger partial charge on any atom is 0.244 e. The molecule has 3 N–H and O–H groups in total. The number of thiocarbonyl (C=S) groups is 1. The zero-order valence-corrected chi connectivity index (χ0v) is 14.4. The van der Waals surface area contributed by atoms with Crippen LogP contribution in [0.15, 0.2) is 54.6 Å². The number of hydrogen-bond acceptors (Lipinski definition) is 4. The fourth-order valence-corrected chi connectivity index (χ4v) is 2.34. The highest BCUT2D eigenvalue weighted by molar-refractivity contribution is 7.80. The Morgan fingerprint density at radius 2 is 1.56 bits per heavy atom. The van der Waals surface area contributed by atoms with Crippen molar-refractivity contribution in [2.75, 3.05) is 11.9 Å². The van der Waals surface area contributed by atoms with Gasteiger partial charge in [0.05, 0.1) is 0 Å². The van der Waals surface area contributed by atoms with E-state index in [0.717, 1.165) is 4.90 Å². The maximum atomic E-state index is 12.3. The second-order valence-electron chi connectivity index (χ2n) is 5.26. The van der Waals surface area contributed by atoms with Gasteiger partial charge in [0.25, 0.3) is 0 Å². The molecule has 0 spiro atoms. The van der Waals surface area contributed by atoms with Gasteiger partial charge in [-0.2, -0.15) is 0 Å². The molecule has 0 fully saturated rings. The summed E-state index contributed by atoms with van der Waals surface area (Å²) in [6, 6.07) is 15.4. The Morgan fingerprint density at radius 1 is 1.00 bits per heavy atom. The van der Waals surface area contributed by atoms with Crippen LogP contribution in [0.1, 0.15) is 22.8 Å². The monoisotopic (exact) mass is 355 g/mol. The molecule has 25 heavy (non-hydrogen) atoms. The highest BCUT2D eigenvalue weighted by Gasteiger charge is 2.16. The molecular formula is C18H17N3O3S. The Labute approximate surface area is 150 Å². The van der Waals surface area contributed by atoms with Gasteiger partial charge in [0, 0.05) is 23.7 Å². The summed E-state index contributed by atoms with van der Waals surface area (Å²) in [5.74, 6) is -0.952. The van der Waals surface area contributed by atoms with Gasteiger partial charge in [-0.3, -0.25) is 19.3 Å². The summed E-state index contributed by atoms with van der Waals surface area (Å²) < 4.78 is 0. The number of ketones is 1. The molecule has 7 heteroatoms. The Kier molecular flexibility index (Phi) is 5.97. The molecule has 0 aromatic heterocycles. The first kappa shape index (κ1) is 18.3. The summed E-state index contributed by atoms with van der Waals surface area (Å²) in [7, 11) is 0. The Bertz CT molecular complexity index is 790. The van der Waals surface area contributed by atoms with Crippen LogP contribution in [0.3, 0.4) is 0 Å². The number of hydrogen-bond donors (Lipinski definition) is 2. The van der Waals surface area contributed by atoms with Crippen LogP contribution in [-0.4, -0.2) is 34.2 Å². The Hall–Kier alpha value is -3.06. The van der Waals surface area contributed by atoms with Crippen molar-refractivity contribution in [1.29, 1.82) is 0 Å². The number of nitrogens with zero attached hydrogens (tertiary/aromatic N) is 1. The molecule has 0 unspecified atom stereocenters. The first-order valence-electron chi connectivity index (χ1n) is 7.45. The molecule has 0 heterocycles. The average molecular weight is 355 g/mol. The van der Waals surface area contributed by atoms with E-state index < -0.39 is 11.8 Å². The molecule has 0 aliphatic carbocycles. The standard InChI is InChI=1S/C18H17N3O3S/c1-12(22)21(18(19)25)11-16(23)20-15-9-7-14(8-10-15)17(24)13-5-3-2-4-6-13/h2-10H,11H2,1H3,(H2,19,25)(H,20,23). The van der Waals surface area contributed by atoms with E-state index in [9.17, 15) is 14.4 Å². The van der Waals surface area contributed by atoms with Gasteiger partial charge < -0.3 is 11.1 Å². The van der Waals surface area contributed by atoms with Gasteiger partial charge in [-0.15, -0.1) is 0 Å². The lowest BCUT2D eigenvalue weighted by Crippen LogP contribution is -2.43. The van der Waals surface area contributed by atoms with E-state index >= 15 is 0 Å². The fourth-order valence-electron chi connectivity index (χ4n) is 2.15. The van der Waals surface area contributed by atoms with E-state index in [4.69, 9.17) is 18.0 Å². The van der Waals surface area contributed by atoms with Crippen LogP contribution in [0.4, 0.5) is 5.69 Å². The third-order valence-corrected chi connectivity index (χ3v) is 3.64. The molecule has 2 aromatic rings. The van der Waals surface area contributed by atoms with Crippen molar-refractivity contribution in [2.45, 2.75) is 6.92 Å². The number of nitrogens with one attached hydrogen (secondary N) is 1. The van der Waals surface area contributed by atoms with E-state index in [0.29, 0.717) is 16.8 Å². The number of carbonyl (C=O) groups excluding carboxylic acids is 3. The van der Waals surface area contributed by atoms with E-state index in [-0.39, 0.29) is 17.4 Å². The van der Waals surface area contributed by atoms with Crippen LogP contribution in [0.2, 0.25) is 0 Å². The average Bonchev–Trinajstić information content (AvgIpc) is 2.60. The predicted octanol–water partition coefficient (Wildman–Crippen LogP) is 1.95. The lowest BCUT2D eigenvalue weighted by molar-refractivity contribution is -0.128. The highest BCUT2D eigenvalue weighted by atomic mass is 32.1. The molecule has 0 saturated heterocycles. The van der Waals surface area contributed by atoms with E-state index in [1.54, 1.807) is 48.5 Å². The van der Waals surface area contributed by atoms with Crippen molar-refractivity contribution < 1.29 is 14.4 Å². The van der Waals surface area contributed by atoms with E-state index in [1.165, 1.54) is 6.92 Å². The van der Waals surface area contributed by atoms with Crippen LogP contribution < -0.4 is 11.1 Å². The first-order valence-corrected chi connectivity index (χ1v) is 7.86. The van der Waals surface area contributed by atoms with E-state index in [1.807, 2.05) is 6.07 Å². The molecule has 0 atom stereocenters. The van der Waals surface area contributed by atoms with Gasteiger partial charge in [-0.1, -0.05) is 30.3 Å². The minimum atomic E-state index is -0.440. The van der Waals surface area contributed by atoms with Crippen molar-refractivity contribution in [2.24, 2.45) is 5.73 Å². The topological polar surface area (TPSA) is 92.5 Å². The van der Waals surface area contributed by atoms with Crippen LogP contribution in [0, 0.1) is 0 Å². The molecular weight excluding hydrogens is 338 g/mol. The predicted molar refractivity (Wildman–Crippen MR) is 99.1 cm³/mol.